The fraction of sp³-hybridized carbons (Fsp3) is 0.278. The zero-order valence-electron chi connectivity index (χ0n) is 13.5. The highest BCUT2D eigenvalue weighted by Gasteiger charge is 2.18. The Morgan fingerprint density at radius 2 is 2.08 bits per heavy atom. The van der Waals surface area contributed by atoms with Crippen LogP contribution in [-0.2, 0) is 6.54 Å². The van der Waals surface area contributed by atoms with E-state index in [-0.39, 0.29) is 18.7 Å². The van der Waals surface area contributed by atoms with Gasteiger partial charge in [-0.1, -0.05) is 6.07 Å². The molecule has 0 saturated heterocycles. The molecule has 0 aliphatic carbocycles. The quantitative estimate of drug-likeness (QED) is 0.781. The maximum Gasteiger partial charge on any atom is 0.268 e. The lowest BCUT2D eigenvalue weighted by Crippen LogP contribution is -2.26. The number of nitrogens with one attached hydrogen (secondary N) is 1. The van der Waals surface area contributed by atoms with Gasteiger partial charge in [-0.3, -0.25) is 4.79 Å². The van der Waals surface area contributed by atoms with Crippen molar-refractivity contribution in [3.05, 3.63) is 47.0 Å². The molecule has 1 aliphatic rings. The largest absolute Gasteiger partial charge is 0.454 e. The molecule has 0 bridgehead atoms. The van der Waals surface area contributed by atoms with E-state index in [1.54, 1.807) is 11.3 Å². The second-order valence-electron chi connectivity index (χ2n) is 6.03. The minimum absolute atomic E-state index is 0.0650. The van der Waals surface area contributed by atoms with E-state index in [0.717, 1.165) is 27.3 Å². The molecule has 1 amide bonds. The molecule has 0 spiro atoms. The van der Waals surface area contributed by atoms with Crippen LogP contribution in [0.4, 0.5) is 0 Å². The average molecular weight is 342 g/mol. The van der Waals surface area contributed by atoms with Crippen LogP contribution >= 0.6 is 11.3 Å². The Kier molecular flexibility index (Phi) is 3.69. The molecule has 124 valence electrons. The molecule has 4 rings (SSSR count). The predicted octanol–water partition coefficient (Wildman–Crippen LogP) is 3.94. The number of aromatic nitrogens is 1. The molecule has 0 unspecified atom stereocenters. The Balaban J connectivity index is 1.54. The lowest BCUT2D eigenvalue weighted by molar-refractivity contribution is 0.0940. The second kappa shape index (κ2) is 5.87. The molecule has 24 heavy (non-hydrogen) atoms. The third kappa shape index (κ3) is 2.53. The van der Waals surface area contributed by atoms with Crippen LogP contribution in [0.15, 0.2) is 35.7 Å². The fourth-order valence-electron chi connectivity index (χ4n) is 3.00. The van der Waals surface area contributed by atoms with Gasteiger partial charge in [0.25, 0.3) is 5.91 Å². The highest BCUT2D eigenvalue weighted by atomic mass is 32.1. The van der Waals surface area contributed by atoms with Crippen LogP contribution in [-0.4, -0.2) is 17.3 Å². The Morgan fingerprint density at radius 3 is 2.92 bits per heavy atom. The van der Waals surface area contributed by atoms with Crippen LogP contribution in [0.25, 0.3) is 10.2 Å². The maximum atomic E-state index is 12.7. The molecule has 0 radical (unpaired) electrons. The van der Waals surface area contributed by atoms with Gasteiger partial charge in [-0.15, -0.1) is 11.3 Å². The normalized spacial score (nSPS) is 13.0. The van der Waals surface area contributed by atoms with Crippen molar-refractivity contribution in [1.82, 2.24) is 9.88 Å². The van der Waals surface area contributed by atoms with Crippen molar-refractivity contribution in [2.75, 3.05) is 6.79 Å². The summed E-state index contributed by atoms with van der Waals surface area (Å²) in [6.07, 6.45) is 0. The Labute approximate surface area is 143 Å². The van der Waals surface area contributed by atoms with Gasteiger partial charge in [-0.05, 0) is 49.1 Å². The lowest BCUT2D eigenvalue weighted by Gasteiger charge is -2.14. The summed E-state index contributed by atoms with van der Waals surface area (Å²) in [5.41, 5.74) is 2.80. The van der Waals surface area contributed by atoms with Crippen molar-refractivity contribution in [2.24, 2.45) is 0 Å². The van der Waals surface area contributed by atoms with Gasteiger partial charge in [0.2, 0.25) is 6.79 Å². The molecule has 0 atom stereocenters. The number of hydrogen-bond donors (Lipinski definition) is 1. The van der Waals surface area contributed by atoms with Crippen LogP contribution < -0.4 is 14.8 Å². The Bertz CT molecular complexity index is 910. The number of amides is 1. The molecule has 3 heterocycles. The van der Waals surface area contributed by atoms with Gasteiger partial charge < -0.3 is 19.4 Å². The van der Waals surface area contributed by atoms with Crippen molar-refractivity contribution in [2.45, 2.75) is 26.4 Å². The summed E-state index contributed by atoms with van der Waals surface area (Å²) in [6, 6.07) is 9.97. The summed E-state index contributed by atoms with van der Waals surface area (Å²) in [5, 5.41) is 5.05. The van der Waals surface area contributed by atoms with Crippen LogP contribution in [0.3, 0.4) is 0 Å². The molecule has 5 nitrogen and oxygen atoms in total. The number of ether oxygens (including phenoxy) is 2. The molecule has 1 aliphatic heterocycles. The first-order valence-corrected chi connectivity index (χ1v) is 8.76. The van der Waals surface area contributed by atoms with E-state index in [1.165, 1.54) is 0 Å². The number of fused-ring (bicyclic) bond motifs is 2. The van der Waals surface area contributed by atoms with Gasteiger partial charge in [0, 0.05) is 12.6 Å². The fourth-order valence-corrected chi connectivity index (χ4v) is 3.81. The van der Waals surface area contributed by atoms with Gasteiger partial charge in [0.15, 0.2) is 11.5 Å². The van der Waals surface area contributed by atoms with Gasteiger partial charge in [0.05, 0.1) is 10.2 Å². The molecule has 0 saturated carbocycles. The first-order valence-electron chi connectivity index (χ1n) is 7.88. The third-order valence-corrected chi connectivity index (χ3v) is 4.95. The van der Waals surface area contributed by atoms with Crippen molar-refractivity contribution >= 4 is 27.5 Å². The lowest BCUT2D eigenvalue weighted by atomic mass is 10.2. The average Bonchev–Trinajstić information content (AvgIpc) is 3.25. The summed E-state index contributed by atoms with van der Waals surface area (Å²) in [6.45, 7) is 4.88. The standard InChI is InChI=1S/C18H18N2O3S/c1-11(2)20-13-5-6-24-17(13)8-14(20)18(21)19-9-12-3-4-15-16(7-12)23-10-22-15/h3-8,11H,9-10H2,1-2H3,(H,19,21). The summed E-state index contributed by atoms with van der Waals surface area (Å²) in [7, 11) is 0. The summed E-state index contributed by atoms with van der Waals surface area (Å²) in [4.78, 5) is 12.7. The van der Waals surface area contributed by atoms with Crippen molar-refractivity contribution in [3.8, 4) is 11.5 Å². The topological polar surface area (TPSA) is 52.5 Å². The van der Waals surface area contributed by atoms with E-state index >= 15 is 0 Å². The zero-order valence-corrected chi connectivity index (χ0v) is 14.4. The van der Waals surface area contributed by atoms with Gasteiger partial charge in [-0.2, -0.15) is 0 Å². The molecule has 3 aromatic rings. The summed E-state index contributed by atoms with van der Waals surface area (Å²) in [5.74, 6) is 1.41. The SMILES string of the molecule is CC(C)n1c(C(=O)NCc2ccc3c(c2)OCO3)cc2sccc21. The minimum Gasteiger partial charge on any atom is -0.454 e. The molecular formula is C18H18N2O3S. The van der Waals surface area contributed by atoms with Crippen molar-refractivity contribution < 1.29 is 14.3 Å². The third-order valence-electron chi connectivity index (χ3n) is 4.10. The maximum absolute atomic E-state index is 12.7. The smallest absolute Gasteiger partial charge is 0.268 e. The monoisotopic (exact) mass is 342 g/mol. The van der Waals surface area contributed by atoms with Crippen molar-refractivity contribution in [3.63, 3.8) is 0 Å². The molecule has 1 N–H and O–H groups in total. The number of benzene rings is 1. The molecule has 2 aromatic heterocycles. The van der Waals surface area contributed by atoms with Gasteiger partial charge in [0.1, 0.15) is 5.69 Å². The van der Waals surface area contributed by atoms with Gasteiger partial charge in [-0.25, -0.2) is 0 Å². The Morgan fingerprint density at radius 1 is 1.25 bits per heavy atom. The van der Waals surface area contributed by atoms with E-state index < -0.39 is 0 Å². The van der Waals surface area contributed by atoms with E-state index in [2.05, 4.69) is 35.2 Å². The number of nitrogens with zero attached hydrogens (tertiary/aromatic N) is 1. The van der Waals surface area contributed by atoms with Crippen LogP contribution in [0, 0.1) is 0 Å². The van der Waals surface area contributed by atoms with Crippen LogP contribution in [0.1, 0.15) is 35.9 Å². The number of rotatable bonds is 4. The highest BCUT2D eigenvalue weighted by Crippen LogP contribution is 2.32. The molecule has 6 heteroatoms. The van der Waals surface area contributed by atoms with Crippen LogP contribution in [0.2, 0.25) is 0 Å². The van der Waals surface area contributed by atoms with E-state index in [1.807, 2.05) is 24.3 Å². The number of carbonyl (C=O) groups excluding carboxylic acids is 1. The first kappa shape index (κ1) is 15.1. The number of hydrogen-bond acceptors (Lipinski definition) is 4. The van der Waals surface area contributed by atoms with E-state index in [4.69, 9.17) is 9.47 Å². The highest BCUT2D eigenvalue weighted by molar-refractivity contribution is 7.17. The number of carbonyl (C=O) groups is 1. The predicted molar refractivity (Wildman–Crippen MR) is 93.9 cm³/mol. The molecular weight excluding hydrogens is 324 g/mol. The molecule has 0 fully saturated rings. The minimum atomic E-state index is -0.0650. The number of thiophene rings is 1. The first-order chi connectivity index (χ1) is 11.6. The van der Waals surface area contributed by atoms with E-state index in [9.17, 15) is 4.79 Å². The van der Waals surface area contributed by atoms with Crippen LogP contribution in [0.5, 0.6) is 11.5 Å². The molecule has 1 aromatic carbocycles. The summed E-state index contributed by atoms with van der Waals surface area (Å²) < 4.78 is 13.9. The zero-order chi connectivity index (χ0) is 16.7. The summed E-state index contributed by atoms with van der Waals surface area (Å²) >= 11 is 1.65. The van der Waals surface area contributed by atoms with E-state index in [0.29, 0.717) is 12.2 Å². The Hall–Kier alpha value is -2.47. The van der Waals surface area contributed by atoms with Crippen molar-refractivity contribution in [1.29, 1.82) is 0 Å². The van der Waals surface area contributed by atoms with Gasteiger partial charge >= 0.3 is 0 Å². The second-order valence-corrected chi connectivity index (χ2v) is 6.98.